The van der Waals surface area contributed by atoms with E-state index in [9.17, 15) is 4.79 Å². The average Bonchev–Trinajstić information content (AvgIpc) is 2.82. The van der Waals surface area contributed by atoms with Crippen molar-refractivity contribution in [2.75, 3.05) is 0 Å². The predicted octanol–water partition coefficient (Wildman–Crippen LogP) is 5.14. The summed E-state index contributed by atoms with van der Waals surface area (Å²) in [4.78, 5) is 12.5. The summed E-state index contributed by atoms with van der Waals surface area (Å²) in [5.41, 5.74) is 2.59. The third-order valence-corrected chi connectivity index (χ3v) is 4.09. The maximum Gasteiger partial charge on any atom is 0.182 e. The highest BCUT2D eigenvalue weighted by Crippen LogP contribution is 2.29. The van der Waals surface area contributed by atoms with Gasteiger partial charge in [0.2, 0.25) is 0 Å². The summed E-state index contributed by atoms with van der Waals surface area (Å²) in [5.74, 6) is 0.0710. The maximum absolute atomic E-state index is 12.5. The Morgan fingerprint density at radius 2 is 1.90 bits per heavy atom. The Morgan fingerprint density at radius 3 is 2.67 bits per heavy atom. The summed E-state index contributed by atoms with van der Waals surface area (Å²) < 4.78 is 1.88. The van der Waals surface area contributed by atoms with Gasteiger partial charge in [0, 0.05) is 22.2 Å². The number of hydrogen-bond donors (Lipinski definition) is 0. The molecule has 0 unspecified atom stereocenters. The highest BCUT2D eigenvalue weighted by molar-refractivity contribution is 6.38. The highest BCUT2D eigenvalue weighted by Gasteiger charge is 2.12. The van der Waals surface area contributed by atoms with Crippen LogP contribution in [0.25, 0.3) is 10.9 Å². The number of ketones is 1. The molecule has 1 aromatic heterocycles. The molecule has 21 heavy (non-hydrogen) atoms. The molecule has 3 rings (SSSR count). The number of hydrogen-bond acceptors (Lipinski definition) is 1. The van der Waals surface area contributed by atoms with Gasteiger partial charge in [-0.05, 0) is 30.7 Å². The monoisotopic (exact) mass is 317 g/mol. The lowest BCUT2D eigenvalue weighted by molar-refractivity contribution is 0.0973. The molecule has 0 atom stereocenters. The Morgan fingerprint density at radius 1 is 1.14 bits per heavy atom. The Labute approximate surface area is 132 Å². The standard InChI is InChI=1S/C17H13Cl2NO/c1-11-4-2-3-5-13(11)17(21)10-20-7-6-14-15(19)8-12(18)9-16(14)20/h2-9H,10H2,1H3. The van der Waals surface area contributed by atoms with Gasteiger partial charge < -0.3 is 4.57 Å². The van der Waals surface area contributed by atoms with Crippen LogP contribution in [0.5, 0.6) is 0 Å². The van der Waals surface area contributed by atoms with Crippen LogP contribution in [0.4, 0.5) is 0 Å². The van der Waals surface area contributed by atoms with E-state index in [2.05, 4.69) is 0 Å². The van der Waals surface area contributed by atoms with E-state index in [0.717, 1.165) is 22.0 Å². The molecule has 106 valence electrons. The summed E-state index contributed by atoms with van der Waals surface area (Å²) in [5, 5.41) is 2.06. The minimum absolute atomic E-state index is 0.0710. The molecule has 0 fully saturated rings. The van der Waals surface area contributed by atoms with Crippen molar-refractivity contribution < 1.29 is 4.79 Å². The second-order valence-electron chi connectivity index (χ2n) is 5.00. The molecule has 0 saturated heterocycles. The zero-order valence-electron chi connectivity index (χ0n) is 11.4. The Balaban J connectivity index is 1.99. The van der Waals surface area contributed by atoms with E-state index in [1.165, 1.54) is 0 Å². The Kier molecular flexibility index (Phi) is 3.75. The van der Waals surface area contributed by atoms with Gasteiger partial charge in [0.05, 0.1) is 17.1 Å². The number of nitrogens with zero attached hydrogens (tertiary/aromatic N) is 1. The van der Waals surface area contributed by atoms with Crippen LogP contribution in [0.1, 0.15) is 15.9 Å². The van der Waals surface area contributed by atoms with Crippen LogP contribution in [-0.4, -0.2) is 10.4 Å². The van der Waals surface area contributed by atoms with Gasteiger partial charge in [-0.15, -0.1) is 0 Å². The van der Waals surface area contributed by atoms with Gasteiger partial charge in [0.1, 0.15) is 0 Å². The number of aryl methyl sites for hydroxylation is 1. The van der Waals surface area contributed by atoms with E-state index >= 15 is 0 Å². The van der Waals surface area contributed by atoms with E-state index in [1.54, 1.807) is 6.07 Å². The fourth-order valence-electron chi connectivity index (χ4n) is 2.48. The van der Waals surface area contributed by atoms with Crippen LogP contribution in [-0.2, 0) is 6.54 Å². The molecule has 0 N–H and O–H groups in total. The van der Waals surface area contributed by atoms with Crippen LogP contribution < -0.4 is 0 Å². The molecule has 0 aliphatic heterocycles. The smallest absolute Gasteiger partial charge is 0.182 e. The lowest BCUT2D eigenvalue weighted by Gasteiger charge is -2.08. The molecular weight excluding hydrogens is 305 g/mol. The van der Waals surface area contributed by atoms with Crippen molar-refractivity contribution in [3.05, 3.63) is 69.8 Å². The molecule has 0 aliphatic rings. The van der Waals surface area contributed by atoms with Crippen LogP contribution in [0.15, 0.2) is 48.7 Å². The zero-order valence-corrected chi connectivity index (χ0v) is 12.9. The van der Waals surface area contributed by atoms with E-state index < -0.39 is 0 Å². The molecule has 2 nitrogen and oxygen atoms in total. The molecule has 3 aromatic rings. The molecule has 0 radical (unpaired) electrons. The first-order chi connectivity index (χ1) is 10.1. The number of fused-ring (bicyclic) bond motifs is 1. The third-order valence-electron chi connectivity index (χ3n) is 3.56. The normalized spacial score (nSPS) is 11.0. The molecule has 0 saturated carbocycles. The molecular formula is C17H13Cl2NO. The SMILES string of the molecule is Cc1ccccc1C(=O)Cn1ccc2c(Cl)cc(Cl)cc21. The third kappa shape index (κ3) is 2.69. The number of rotatable bonds is 3. The number of aromatic nitrogens is 1. The second kappa shape index (κ2) is 5.55. The molecule has 0 amide bonds. The Hall–Kier alpha value is -1.77. The molecule has 0 spiro atoms. The molecule has 4 heteroatoms. The van der Waals surface area contributed by atoms with Gasteiger partial charge in [-0.2, -0.15) is 0 Å². The first-order valence-corrected chi connectivity index (χ1v) is 7.34. The maximum atomic E-state index is 12.5. The van der Waals surface area contributed by atoms with Gasteiger partial charge in [0.15, 0.2) is 5.78 Å². The van der Waals surface area contributed by atoms with Crippen LogP contribution in [0.2, 0.25) is 10.0 Å². The van der Waals surface area contributed by atoms with Crippen molar-refractivity contribution in [2.45, 2.75) is 13.5 Å². The fourth-order valence-corrected chi connectivity index (χ4v) is 3.03. The number of carbonyl (C=O) groups excluding carboxylic acids is 1. The lowest BCUT2D eigenvalue weighted by atomic mass is 10.1. The van der Waals surface area contributed by atoms with E-state index in [0.29, 0.717) is 10.0 Å². The fraction of sp³-hybridized carbons (Fsp3) is 0.118. The summed E-state index contributed by atoms with van der Waals surface area (Å²) in [6.07, 6.45) is 1.86. The Bertz CT molecular complexity index is 836. The lowest BCUT2D eigenvalue weighted by Crippen LogP contribution is -2.10. The van der Waals surface area contributed by atoms with Crippen molar-refractivity contribution >= 4 is 39.9 Å². The largest absolute Gasteiger partial charge is 0.340 e. The van der Waals surface area contributed by atoms with E-state index in [-0.39, 0.29) is 12.3 Å². The molecule has 1 heterocycles. The van der Waals surface area contributed by atoms with Crippen molar-refractivity contribution in [3.63, 3.8) is 0 Å². The van der Waals surface area contributed by atoms with Crippen LogP contribution in [0, 0.1) is 6.92 Å². The van der Waals surface area contributed by atoms with E-state index in [1.807, 2.05) is 54.1 Å². The topological polar surface area (TPSA) is 22.0 Å². The molecule has 0 bridgehead atoms. The summed E-state index contributed by atoms with van der Waals surface area (Å²) in [7, 11) is 0. The minimum Gasteiger partial charge on any atom is -0.340 e. The van der Waals surface area contributed by atoms with Gasteiger partial charge in [-0.1, -0.05) is 47.5 Å². The van der Waals surface area contributed by atoms with E-state index in [4.69, 9.17) is 23.2 Å². The quantitative estimate of drug-likeness (QED) is 0.613. The van der Waals surface area contributed by atoms with Gasteiger partial charge in [0.25, 0.3) is 0 Å². The highest BCUT2D eigenvalue weighted by atomic mass is 35.5. The predicted molar refractivity (Wildman–Crippen MR) is 87.5 cm³/mol. The number of halogens is 2. The van der Waals surface area contributed by atoms with Crippen molar-refractivity contribution in [3.8, 4) is 0 Å². The summed E-state index contributed by atoms with van der Waals surface area (Å²) >= 11 is 12.2. The number of carbonyl (C=O) groups is 1. The summed E-state index contributed by atoms with van der Waals surface area (Å²) in [6, 6.07) is 13.0. The molecule has 0 aliphatic carbocycles. The van der Waals surface area contributed by atoms with Crippen molar-refractivity contribution in [1.82, 2.24) is 4.57 Å². The molecule has 2 aromatic carbocycles. The van der Waals surface area contributed by atoms with Crippen LogP contribution >= 0.6 is 23.2 Å². The second-order valence-corrected chi connectivity index (χ2v) is 5.85. The zero-order chi connectivity index (χ0) is 15.0. The number of benzene rings is 2. The van der Waals surface area contributed by atoms with Crippen LogP contribution in [0.3, 0.4) is 0 Å². The minimum atomic E-state index is 0.0710. The average molecular weight is 318 g/mol. The van der Waals surface area contributed by atoms with Crippen molar-refractivity contribution in [1.29, 1.82) is 0 Å². The van der Waals surface area contributed by atoms with Gasteiger partial charge in [-0.3, -0.25) is 4.79 Å². The summed E-state index contributed by atoms with van der Waals surface area (Å²) in [6.45, 7) is 2.21. The van der Waals surface area contributed by atoms with Gasteiger partial charge in [-0.25, -0.2) is 0 Å². The first-order valence-electron chi connectivity index (χ1n) is 6.59. The van der Waals surface area contributed by atoms with Gasteiger partial charge >= 0.3 is 0 Å². The van der Waals surface area contributed by atoms with Crippen molar-refractivity contribution in [2.24, 2.45) is 0 Å². The number of Topliss-reactive ketones (excluding diaryl/α,β-unsaturated/α-hetero) is 1. The first kappa shape index (κ1) is 14.2.